The van der Waals surface area contributed by atoms with E-state index in [2.05, 4.69) is 16.0 Å². The molecule has 1 aliphatic rings. The summed E-state index contributed by atoms with van der Waals surface area (Å²) in [6.07, 6.45) is 3.04. The maximum Gasteiger partial charge on any atom is 0.242 e. The van der Waals surface area contributed by atoms with Crippen molar-refractivity contribution in [3.63, 3.8) is 0 Å². The molecule has 1 heterocycles. The van der Waals surface area contributed by atoms with E-state index in [9.17, 15) is 9.59 Å². The van der Waals surface area contributed by atoms with Crippen molar-refractivity contribution < 1.29 is 9.59 Å². The van der Waals surface area contributed by atoms with E-state index in [1.54, 1.807) is 6.92 Å². The smallest absolute Gasteiger partial charge is 0.242 e. The van der Waals surface area contributed by atoms with Crippen LogP contribution in [0.2, 0.25) is 0 Å². The van der Waals surface area contributed by atoms with E-state index in [0.29, 0.717) is 12.5 Å². The number of hydrogen-bond donors (Lipinski definition) is 3. The van der Waals surface area contributed by atoms with Crippen LogP contribution in [0.25, 0.3) is 0 Å². The normalized spacial score (nSPS) is 21.4. The van der Waals surface area contributed by atoms with Crippen molar-refractivity contribution in [1.82, 2.24) is 16.0 Å². The molecule has 0 bridgehead atoms. The largest absolute Gasteiger partial charge is 0.354 e. The molecule has 0 aliphatic carbocycles. The Morgan fingerprint density at radius 2 is 2.00 bits per heavy atom. The van der Waals surface area contributed by atoms with E-state index in [-0.39, 0.29) is 17.9 Å². The van der Waals surface area contributed by atoms with Crippen LogP contribution in [-0.2, 0) is 9.59 Å². The molecular formula is C13H25N3O2. The molecule has 0 spiro atoms. The van der Waals surface area contributed by atoms with Gasteiger partial charge < -0.3 is 16.0 Å². The number of carbonyl (C=O) groups is 2. The minimum absolute atomic E-state index is 0.0677. The van der Waals surface area contributed by atoms with E-state index < -0.39 is 6.04 Å². The fourth-order valence-electron chi connectivity index (χ4n) is 1.91. The second kappa shape index (κ2) is 7.36. The Bertz CT molecular complexity index is 286. The summed E-state index contributed by atoms with van der Waals surface area (Å²) in [5, 5.41) is 8.75. The summed E-state index contributed by atoms with van der Waals surface area (Å²) in [5.41, 5.74) is 0. The molecule has 0 aromatic heterocycles. The number of piperidine rings is 1. The minimum Gasteiger partial charge on any atom is -0.354 e. The zero-order valence-corrected chi connectivity index (χ0v) is 11.6. The van der Waals surface area contributed by atoms with Gasteiger partial charge in [0.05, 0.1) is 6.04 Å². The van der Waals surface area contributed by atoms with Crippen LogP contribution in [0, 0.1) is 5.92 Å². The Kier molecular flexibility index (Phi) is 6.12. The van der Waals surface area contributed by atoms with Gasteiger partial charge >= 0.3 is 0 Å². The molecule has 5 nitrogen and oxygen atoms in total. The van der Waals surface area contributed by atoms with Crippen LogP contribution in [0.3, 0.4) is 0 Å². The van der Waals surface area contributed by atoms with Crippen LogP contribution >= 0.6 is 0 Å². The van der Waals surface area contributed by atoms with Gasteiger partial charge in [0.1, 0.15) is 6.04 Å². The van der Waals surface area contributed by atoms with Gasteiger partial charge in [-0.2, -0.15) is 0 Å². The fraction of sp³-hybridized carbons (Fsp3) is 0.846. The van der Waals surface area contributed by atoms with Gasteiger partial charge in [-0.25, -0.2) is 0 Å². The molecule has 104 valence electrons. The van der Waals surface area contributed by atoms with E-state index >= 15 is 0 Å². The highest BCUT2D eigenvalue weighted by Gasteiger charge is 2.23. The van der Waals surface area contributed by atoms with Crippen molar-refractivity contribution in [3.05, 3.63) is 0 Å². The van der Waals surface area contributed by atoms with Crippen molar-refractivity contribution in [3.8, 4) is 0 Å². The Morgan fingerprint density at radius 1 is 1.28 bits per heavy atom. The van der Waals surface area contributed by atoms with Gasteiger partial charge in [-0.05, 0) is 32.2 Å². The average Bonchev–Trinajstić information content (AvgIpc) is 2.36. The van der Waals surface area contributed by atoms with Gasteiger partial charge in [-0.15, -0.1) is 0 Å². The van der Waals surface area contributed by atoms with E-state index in [0.717, 1.165) is 25.8 Å². The minimum atomic E-state index is -0.472. The SMILES string of the molecule is CC(C)CNC(=O)C(C)NC(=O)[C@H]1CCCCN1. The predicted molar refractivity (Wildman–Crippen MR) is 71.1 cm³/mol. The highest BCUT2D eigenvalue weighted by Crippen LogP contribution is 2.07. The Hall–Kier alpha value is -1.10. The maximum absolute atomic E-state index is 11.9. The van der Waals surface area contributed by atoms with Crippen LogP contribution in [0.5, 0.6) is 0 Å². The molecule has 1 rings (SSSR count). The molecule has 1 fully saturated rings. The summed E-state index contributed by atoms with van der Waals surface area (Å²) in [6.45, 7) is 7.31. The van der Waals surface area contributed by atoms with Crippen LogP contribution in [0.4, 0.5) is 0 Å². The Morgan fingerprint density at radius 3 is 2.56 bits per heavy atom. The Balaban J connectivity index is 2.31. The summed E-state index contributed by atoms with van der Waals surface area (Å²) in [6, 6.07) is -0.612. The zero-order chi connectivity index (χ0) is 13.5. The highest BCUT2D eigenvalue weighted by atomic mass is 16.2. The molecule has 18 heavy (non-hydrogen) atoms. The van der Waals surface area contributed by atoms with Crippen molar-refractivity contribution in [2.75, 3.05) is 13.1 Å². The van der Waals surface area contributed by atoms with Gasteiger partial charge in [-0.1, -0.05) is 20.3 Å². The molecule has 0 aromatic rings. The summed E-state index contributed by atoms with van der Waals surface area (Å²) in [5.74, 6) is 0.228. The van der Waals surface area contributed by atoms with E-state index in [4.69, 9.17) is 0 Å². The lowest BCUT2D eigenvalue weighted by Gasteiger charge is -2.24. The van der Waals surface area contributed by atoms with Crippen LogP contribution in [-0.4, -0.2) is 37.0 Å². The van der Waals surface area contributed by atoms with E-state index in [1.807, 2.05) is 13.8 Å². The number of amides is 2. The summed E-state index contributed by atoms with van der Waals surface area (Å²) in [7, 11) is 0. The van der Waals surface area contributed by atoms with Gasteiger partial charge in [0.2, 0.25) is 11.8 Å². The molecule has 5 heteroatoms. The molecule has 1 unspecified atom stereocenters. The molecule has 0 radical (unpaired) electrons. The lowest BCUT2D eigenvalue weighted by atomic mass is 10.0. The molecule has 2 atom stereocenters. The molecular weight excluding hydrogens is 230 g/mol. The van der Waals surface area contributed by atoms with Crippen LogP contribution in [0.1, 0.15) is 40.0 Å². The first-order valence-corrected chi connectivity index (χ1v) is 6.82. The average molecular weight is 255 g/mol. The Labute approximate surface area is 109 Å². The van der Waals surface area contributed by atoms with Gasteiger partial charge in [0, 0.05) is 6.54 Å². The summed E-state index contributed by atoms with van der Waals surface area (Å²) in [4.78, 5) is 23.6. The zero-order valence-electron chi connectivity index (χ0n) is 11.6. The van der Waals surface area contributed by atoms with Crippen molar-refractivity contribution >= 4 is 11.8 Å². The molecule has 1 aliphatic heterocycles. The predicted octanol–water partition coefficient (Wildman–Crippen LogP) is 0.405. The first-order valence-electron chi connectivity index (χ1n) is 6.82. The monoisotopic (exact) mass is 255 g/mol. The quantitative estimate of drug-likeness (QED) is 0.666. The van der Waals surface area contributed by atoms with Crippen LogP contribution in [0.15, 0.2) is 0 Å². The van der Waals surface area contributed by atoms with E-state index in [1.165, 1.54) is 0 Å². The molecule has 0 saturated carbocycles. The van der Waals surface area contributed by atoms with Crippen molar-refractivity contribution in [2.45, 2.75) is 52.1 Å². The lowest BCUT2D eigenvalue weighted by Crippen LogP contribution is -2.53. The topological polar surface area (TPSA) is 70.2 Å². The lowest BCUT2D eigenvalue weighted by molar-refractivity contribution is -0.130. The molecule has 3 N–H and O–H groups in total. The van der Waals surface area contributed by atoms with Gasteiger partial charge in [-0.3, -0.25) is 9.59 Å². The molecule has 2 amide bonds. The maximum atomic E-state index is 11.9. The molecule has 0 aromatic carbocycles. The number of nitrogens with one attached hydrogen (secondary N) is 3. The fourth-order valence-corrected chi connectivity index (χ4v) is 1.91. The first-order chi connectivity index (χ1) is 8.50. The van der Waals surface area contributed by atoms with Crippen molar-refractivity contribution in [1.29, 1.82) is 0 Å². The summed E-state index contributed by atoms with van der Waals surface area (Å²) >= 11 is 0. The third-order valence-electron chi connectivity index (χ3n) is 3.06. The second-order valence-corrected chi connectivity index (χ2v) is 5.37. The standard InChI is InChI=1S/C13H25N3O2/c1-9(2)8-15-12(17)10(3)16-13(18)11-6-4-5-7-14-11/h9-11,14H,4-8H2,1-3H3,(H,15,17)(H,16,18)/t10?,11-/m1/s1. The third-order valence-corrected chi connectivity index (χ3v) is 3.06. The van der Waals surface area contributed by atoms with Crippen molar-refractivity contribution in [2.24, 2.45) is 5.92 Å². The van der Waals surface area contributed by atoms with Gasteiger partial charge in [0.15, 0.2) is 0 Å². The number of rotatable bonds is 5. The summed E-state index contributed by atoms with van der Waals surface area (Å²) < 4.78 is 0. The number of hydrogen-bond acceptors (Lipinski definition) is 3. The highest BCUT2D eigenvalue weighted by molar-refractivity contribution is 5.89. The second-order valence-electron chi connectivity index (χ2n) is 5.37. The van der Waals surface area contributed by atoms with Crippen LogP contribution < -0.4 is 16.0 Å². The molecule has 1 saturated heterocycles. The third kappa shape index (κ3) is 5.04. The number of carbonyl (C=O) groups excluding carboxylic acids is 2. The first kappa shape index (κ1) is 15.0. The van der Waals surface area contributed by atoms with Gasteiger partial charge in [0.25, 0.3) is 0 Å².